The number of fused-ring (bicyclic) bond motifs is 2. The zero-order valence-corrected chi connectivity index (χ0v) is 19.6. The first kappa shape index (κ1) is 23.4. The van der Waals surface area contributed by atoms with E-state index in [4.69, 9.17) is 11.6 Å². The van der Waals surface area contributed by atoms with E-state index < -0.39 is 0 Å². The van der Waals surface area contributed by atoms with Crippen LogP contribution in [0.15, 0.2) is 114 Å². The molecule has 2 heterocycles. The minimum atomic E-state index is -0.290. The number of hydrogen-bond donors (Lipinski definition) is 1. The normalized spacial score (nSPS) is 10.8. The molecule has 0 spiro atoms. The van der Waals surface area contributed by atoms with Gasteiger partial charge in [-0.15, -0.1) is 0 Å². The van der Waals surface area contributed by atoms with E-state index in [1.807, 2.05) is 42.5 Å². The molecular formula is C30H19ClF2N2O. The van der Waals surface area contributed by atoms with E-state index in [0.29, 0.717) is 16.1 Å². The van der Waals surface area contributed by atoms with Crippen LogP contribution in [0.1, 0.15) is 0 Å². The second-order valence-corrected chi connectivity index (χ2v) is 8.52. The van der Waals surface area contributed by atoms with Gasteiger partial charge in [-0.05, 0) is 78.4 Å². The molecule has 0 saturated carbocycles. The van der Waals surface area contributed by atoms with E-state index in [-0.39, 0.29) is 17.1 Å². The molecule has 0 unspecified atom stereocenters. The van der Waals surface area contributed by atoms with Crippen LogP contribution < -0.4 is 5.43 Å². The molecule has 6 heteroatoms. The number of hydrogen-bond acceptors (Lipinski definition) is 2. The van der Waals surface area contributed by atoms with Gasteiger partial charge < -0.3 is 4.98 Å². The summed E-state index contributed by atoms with van der Waals surface area (Å²) in [5, 5.41) is 2.23. The molecule has 0 aliphatic rings. The molecule has 0 aliphatic carbocycles. The third-order valence-corrected chi connectivity index (χ3v) is 6.01. The Morgan fingerprint density at radius 3 is 1.94 bits per heavy atom. The van der Waals surface area contributed by atoms with E-state index >= 15 is 0 Å². The van der Waals surface area contributed by atoms with Crippen LogP contribution in [0, 0.1) is 11.6 Å². The van der Waals surface area contributed by atoms with Crippen molar-refractivity contribution in [2.75, 3.05) is 0 Å². The highest BCUT2D eigenvalue weighted by Crippen LogP contribution is 2.28. The van der Waals surface area contributed by atoms with Gasteiger partial charge in [0.1, 0.15) is 11.6 Å². The fourth-order valence-electron chi connectivity index (χ4n) is 3.88. The topological polar surface area (TPSA) is 45.8 Å². The van der Waals surface area contributed by atoms with Gasteiger partial charge in [0.15, 0.2) is 5.43 Å². The highest BCUT2D eigenvalue weighted by molar-refractivity contribution is 6.35. The van der Waals surface area contributed by atoms with Gasteiger partial charge in [-0.2, -0.15) is 0 Å². The Bertz CT molecular complexity index is 1730. The average Bonchev–Trinajstić information content (AvgIpc) is 2.90. The first-order valence-electron chi connectivity index (χ1n) is 11.2. The molecule has 36 heavy (non-hydrogen) atoms. The zero-order valence-electron chi connectivity index (χ0n) is 18.9. The van der Waals surface area contributed by atoms with E-state index in [1.54, 1.807) is 36.4 Å². The Labute approximate surface area is 210 Å². The summed E-state index contributed by atoms with van der Waals surface area (Å²) in [6, 6.07) is 30.6. The Hall–Kier alpha value is -4.35. The number of nitrogens with one attached hydrogen (secondary N) is 1. The molecule has 2 aromatic heterocycles. The summed E-state index contributed by atoms with van der Waals surface area (Å²) in [5.41, 5.74) is 4.66. The number of rotatable bonds is 2. The number of nitrogens with zero attached hydrogens (tertiary/aromatic N) is 1. The zero-order chi connectivity index (χ0) is 25.1. The van der Waals surface area contributed by atoms with Gasteiger partial charge in [0.05, 0.1) is 16.2 Å². The fourth-order valence-corrected chi connectivity index (χ4v) is 4.15. The Kier molecular flexibility index (Phi) is 6.56. The highest BCUT2D eigenvalue weighted by atomic mass is 35.5. The van der Waals surface area contributed by atoms with Crippen LogP contribution in [-0.2, 0) is 0 Å². The van der Waals surface area contributed by atoms with Crippen molar-refractivity contribution < 1.29 is 8.78 Å². The number of para-hydroxylation sites is 2. The summed E-state index contributed by atoms with van der Waals surface area (Å²) >= 11 is 6.23. The summed E-state index contributed by atoms with van der Waals surface area (Å²) in [7, 11) is 0. The maximum Gasteiger partial charge on any atom is 0.190 e. The van der Waals surface area contributed by atoms with Gasteiger partial charge in [0.2, 0.25) is 0 Å². The molecule has 176 valence electrons. The third kappa shape index (κ3) is 5.02. The van der Waals surface area contributed by atoms with Gasteiger partial charge in [-0.25, -0.2) is 13.8 Å². The van der Waals surface area contributed by atoms with Crippen LogP contribution in [0.5, 0.6) is 0 Å². The van der Waals surface area contributed by atoms with E-state index in [9.17, 15) is 13.6 Å². The maximum absolute atomic E-state index is 12.9. The number of pyridine rings is 2. The summed E-state index contributed by atoms with van der Waals surface area (Å²) in [4.78, 5) is 19.7. The van der Waals surface area contributed by atoms with Crippen LogP contribution in [0.2, 0.25) is 5.02 Å². The summed E-state index contributed by atoms with van der Waals surface area (Å²) in [6.07, 6.45) is 0. The van der Waals surface area contributed by atoms with E-state index in [0.717, 1.165) is 33.2 Å². The summed E-state index contributed by atoms with van der Waals surface area (Å²) in [6.45, 7) is 0. The molecule has 6 aromatic rings. The minimum Gasteiger partial charge on any atom is -0.354 e. The second kappa shape index (κ2) is 10.1. The molecule has 1 N–H and O–H groups in total. The average molecular weight is 497 g/mol. The molecule has 0 amide bonds. The lowest BCUT2D eigenvalue weighted by atomic mass is 10.1. The van der Waals surface area contributed by atoms with Gasteiger partial charge in [0, 0.05) is 33.6 Å². The van der Waals surface area contributed by atoms with Crippen molar-refractivity contribution in [2.45, 2.75) is 0 Å². The predicted octanol–water partition coefficient (Wildman–Crippen LogP) is 8.03. The fraction of sp³-hybridized carbons (Fsp3) is 0. The lowest BCUT2D eigenvalue weighted by Crippen LogP contribution is -2.02. The molecule has 3 nitrogen and oxygen atoms in total. The first-order chi connectivity index (χ1) is 17.5. The molecule has 0 radical (unpaired) electrons. The molecular weight excluding hydrogens is 478 g/mol. The van der Waals surface area contributed by atoms with Crippen molar-refractivity contribution in [3.63, 3.8) is 0 Å². The van der Waals surface area contributed by atoms with Crippen molar-refractivity contribution in [3.05, 3.63) is 136 Å². The SMILES string of the molecule is Fc1ccc(-c2cc(Cl)c3ccccc3n2)cc1.O=c1cc(-c2ccc(F)cc2)[nH]c2ccccc12. The Balaban J connectivity index is 0.000000148. The molecule has 0 atom stereocenters. The third-order valence-electron chi connectivity index (χ3n) is 5.70. The van der Waals surface area contributed by atoms with Gasteiger partial charge in [-0.3, -0.25) is 4.79 Å². The first-order valence-corrected chi connectivity index (χ1v) is 11.5. The molecule has 0 aliphatic heterocycles. The van der Waals surface area contributed by atoms with Crippen LogP contribution in [-0.4, -0.2) is 9.97 Å². The van der Waals surface area contributed by atoms with Crippen molar-refractivity contribution in [2.24, 2.45) is 0 Å². The largest absolute Gasteiger partial charge is 0.354 e. The number of benzene rings is 4. The van der Waals surface area contributed by atoms with Crippen LogP contribution in [0.3, 0.4) is 0 Å². The van der Waals surface area contributed by atoms with E-state index in [2.05, 4.69) is 9.97 Å². The summed E-state index contributed by atoms with van der Waals surface area (Å²) < 4.78 is 25.8. The monoisotopic (exact) mass is 496 g/mol. The minimum absolute atomic E-state index is 0.0383. The Morgan fingerprint density at radius 2 is 1.25 bits per heavy atom. The standard InChI is InChI=1S/C15H9ClFN.C15H10FNO/c16-13-9-15(10-5-7-11(17)8-6-10)18-14-4-2-1-3-12(13)14;16-11-7-5-10(6-8-11)14-9-15(18)12-3-1-2-4-13(12)17-14/h1-9H;1-9H,(H,17,18). The lowest BCUT2D eigenvalue weighted by Gasteiger charge is -2.05. The van der Waals surface area contributed by atoms with Crippen LogP contribution in [0.4, 0.5) is 8.78 Å². The Morgan fingerprint density at radius 1 is 0.667 bits per heavy atom. The van der Waals surface area contributed by atoms with Gasteiger partial charge in [-0.1, -0.05) is 41.9 Å². The number of aromatic amines is 1. The number of aromatic nitrogens is 2. The molecule has 0 bridgehead atoms. The second-order valence-electron chi connectivity index (χ2n) is 8.11. The van der Waals surface area contributed by atoms with Crippen molar-refractivity contribution in [1.82, 2.24) is 9.97 Å². The molecule has 0 saturated heterocycles. The van der Waals surface area contributed by atoms with Crippen molar-refractivity contribution in [3.8, 4) is 22.5 Å². The maximum atomic E-state index is 12.9. The number of halogens is 3. The van der Waals surface area contributed by atoms with Gasteiger partial charge in [0.25, 0.3) is 0 Å². The smallest absolute Gasteiger partial charge is 0.190 e. The van der Waals surface area contributed by atoms with Gasteiger partial charge >= 0.3 is 0 Å². The molecule has 4 aromatic carbocycles. The molecule has 6 rings (SSSR count). The van der Waals surface area contributed by atoms with Crippen molar-refractivity contribution in [1.29, 1.82) is 0 Å². The van der Waals surface area contributed by atoms with Crippen LogP contribution in [0.25, 0.3) is 44.3 Å². The quantitative estimate of drug-likeness (QED) is 0.264. The van der Waals surface area contributed by atoms with Crippen molar-refractivity contribution >= 4 is 33.4 Å². The summed E-state index contributed by atoms with van der Waals surface area (Å²) in [5.74, 6) is -0.549. The van der Waals surface area contributed by atoms with Crippen LogP contribution >= 0.6 is 11.6 Å². The number of H-pyrrole nitrogens is 1. The van der Waals surface area contributed by atoms with E-state index in [1.165, 1.54) is 30.3 Å². The highest BCUT2D eigenvalue weighted by Gasteiger charge is 2.06. The molecule has 0 fully saturated rings. The predicted molar refractivity (Wildman–Crippen MR) is 142 cm³/mol. The lowest BCUT2D eigenvalue weighted by molar-refractivity contribution is 0.627.